The number of nitrogens with one attached hydrogen (secondary N) is 1. The van der Waals surface area contributed by atoms with E-state index in [1.165, 1.54) is 28.6 Å². The van der Waals surface area contributed by atoms with Gasteiger partial charge in [0, 0.05) is 13.1 Å². The molecule has 1 N–H and O–H groups in total. The molecule has 0 aromatic heterocycles. The number of sulfonamides is 1. The fourth-order valence-corrected chi connectivity index (χ4v) is 5.40. The number of benzene rings is 3. The summed E-state index contributed by atoms with van der Waals surface area (Å²) in [5, 5.41) is 2.77. The number of rotatable bonds is 7. The van der Waals surface area contributed by atoms with Crippen LogP contribution in [0.5, 0.6) is 0 Å². The van der Waals surface area contributed by atoms with Crippen LogP contribution in [0.3, 0.4) is 0 Å². The molecular weight excluding hydrogens is 452 g/mol. The summed E-state index contributed by atoms with van der Waals surface area (Å²) in [7, 11) is -3.79. The zero-order valence-electron chi connectivity index (χ0n) is 18.8. The number of carbonyl (C=O) groups is 2. The molecule has 3 aromatic rings. The molecule has 0 fully saturated rings. The maximum Gasteiger partial charge on any atom is 0.338 e. The second-order valence-electron chi connectivity index (χ2n) is 8.16. The van der Waals surface area contributed by atoms with E-state index in [1.54, 1.807) is 0 Å². The third kappa shape index (κ3) is 5.35. The van der Waals surface area contributed by atoms with Crippen molar-refractivity contribution in [2.45, 2.75) is 30.8 Å². The molecule has 176 valence electrons. The van der Waals surface area contributed by atoms with Crippen LogP contribution in [0.25, 0.3) is 0 Å². The fraction of sp³-hybridized carbons (Fsp3) is 0.231. The Morgan fingerprint density at radius 2 is 1.68 bits per heavy atom. The van der Waals surface area contributed by atoms with Crippen molar-refractivity contribution in [3.63, 3.8) is 0 Å². The number of hydrogen-bond donors (Lipinski definition) is 1. The largest absolute Gasteiger partial charge is 0.452 e. The smallest absolute Gasteiger partial charge is 0.338 e. The molecule has 34 heavy (non-hydrogen) atoms. The third-order valence-corrected chi connectivity index (χ3v) is 7.66. The Morgan fingerprint density at radius 3 is 2.44 bits per heavy atom. The molecule has 7 nitrogen and oxygen atoms in total. The van der Waals surface area contributed by atoms with Gasteiger partial charge < -0.3 is 10.1 Å². The van der Waals surface area contributed by atoms with Crippen molar-refractivity contribution in [1.82, 2.24) is 9.62 Å². The van der Waals surface area contributed by atoms with Gasteiger partial charge in [0.1, 0.15) is 0 Å². The molecule has 8 heteroatoms. The van der Waals surface area contributed by atoms with Gasteiger partial charge >= 0.3 is 5.97 Å². The average Bonchev–Trinajstić information content (AvgIpc) is 2.87. The summed E-state index contributed by atoms with van der Waals surface area (Å²) >= 11 is 0. The first-order valence-corrected chi connectivity index (χ1v) is 12.5. The lowest BCUT2D eigenvalue weighted by atomic mass is 10.0. The lowest BCUT2D eigenvalue weighted by Crippen LogP contribution is -2.36. The molecule has 1 atom stereocenters. The first-order chi connectivity index (χ1) is 16.3. The molecule has 0 saturated carbocycles. The molecule has 1 aliphatic rings. The summed E-state index contributed by atoms with van der Waals surface area (Å²) in [6.07, 6.45) is 0.633. The molecule has 0 saturated heterocycles. The van der Waals surface area contributed by atoms with Crippen molar-refractivity contribution < 1.29 is 22.7 Å². The maximum absolute atomic E-state index is 13.2. The quantitative estimate of drug-likeness (QED) is 0.525. The normalized spacial score (nSPS) is 14.6. The highest BCUT2D eigenvalue weighted by Gasteiger charge is 2.29. The van der Waals surface area contributed by atoms with Crippen LogP contribution in [0.2, 0.25) is 0 Å². The zero-order valence-corrected chi connectivity index (χ0v) is 19.6. The molecule has 1 unspecified atom stereocenters. The lowest BCUT2D eigenvalue weighted by Gasteiger charge is -2.28. The van der Waals surface area contributed by atoms with Gasteiger partial charge in [-0.05, 0) is 48.2 Å². The van der Waals surface area contributed by atoms with Crippen LogP contribution in [-0.2, 0) is 32.5 Å². The highest BCUT2D eigenvalue weighted by atomic mass is 32.2. The van der Waals surface area contributed by atoms with Crippen molar-refractivity contribution in [3.05, 3.63) is 101 Å². The van der Waals surface area contributed by atoms with Crippen LogP contribution >= 0.6 is 0 Å². The van der Waals surface area contributed by atoms with Gasteiger partial charge in [0.05, 0.1) is 16.5 Å². The zero-order chi connectivity index (χ0) is 24.1. The van der Waals surface area contributed by atoms with E-state index < -0.39 is 28.5 Å². The van der Waals surface area contributed by atoms with Gasteiger partial charge in [0.2, 0.25) is 10.0 Å². The molecule has 3 aromatic carbocycles. The standard InChI is InChI=1S/C26H26N2O5S/c1-19(20-8-3-2-4-9-20)27-25(29)18-33-26(30)22-12-7-13-24(16-22)34(31,32)28-15-14-21-10-5-6-11-23(21)17-28/h2-13,16,19H,14-15,17-18H2,1H3,(H,27,29). The summed E-state index contributed by atoms with van der Waals surface area (Å²) in [4.78, 5) is 24.7. The van der Waals surface area contributed by atoms with Gasteiger partial charge in [-0.3, -0.25) is 4.79 Å². The predicted octanol–water partition coefficient (Wildman–Crippen LogP) is 3.47. The van der Waals surface area contributed by atoms with Gasteiger partial charge in [-0.2, -0.15) is 4.31 Å². The number of carbonyl (C=O) groups excluding carboxylic acids is 2. The van der Waals surface area contributed by atoms with Crippen LogP contribution in [0.15, 0.2) is 83.8 Å². The van der Waals surface area contributed by atoms with Crippen molar-refractivity contribution in [3.8, 4) is 0 Å². The molecule has 1 amide bonds. The highest BCUT2D eigenvalue weighted by molar-refractivity contribution is 7.89. The molecule has 1 aliphatic heterocycles. The average molecular weight is 479 g/mol. The van der Waals surface area contributed by atoms with Crippen molar-refractivity contribution >= 4 is 21.9 Å². The third-order valence-electron chi connectivity index (χ3n) is 5.81. The molecule has 4 rings (SSSR count). The number of esters is 1. The number of amides is 1. The van der Waals surface area contributed by atoms with E-state index in [0.717, 1.165) is 16.7 Å². The topological polar surface area (TPSA) is 92.8 Å². The van der Waals surface area contributed by atoms with Crippen LogP contribution in [-0.4, -0.2) is 37.8 Å². The summed E-state index contributed by atoms with van der Waals surface area (Å²) in [6.45, 7) is 2.03. The SMILES string of the molecule is CC(NC(=O)COC(=O)c1cccc(S(=O)(=O)N2CCc3ccccc3C2)c1)c1ccccc1. The van der Waals surface area contributed by atoms with Crippen LogP contribution in [0, 0.1) is 0 Å². The summed E-state index contributed by atoms with van der Waals surface area (Å²) < 4.78 is 32.9. The summed E-state index contributed by atoms with van der Waals surface area (Å²) in [6, 6.07) is 22.7. The first kappa shape index (κ1) is 23.7. The minimum absolute atomic E-state index is 0.0171. The van der Waals surface area contributed by atoms with E-state index in [2.05, 4.69) is 5.32 Å². The maximum atomic E-state index is 13.2. The predicted molar refractivity (Wildman–Crippen MR) is 127 cm³/mol. The van der Waals surface area contributed by atoms with Gasteiger partial charge in [-0.15, -0.1) is 0 Å². The minimum Gasteiger partial charge on any atom is -0.452 e. The monoisotopic (exact) mass is 478 g/mol. The van der Waals surface area contributed by atoms with Crippen molar-refractivity contribution in [2.24, 2.45) is 0 Å². The van der Waals surface area contributed by atoms with Crippen LogP contribution in [0.1, 0.15) is 40.0 Å². The molecule has 0 aliphatic carbocycles. The fourth-order valence-electron chi connectivity index (χ4n) is 3.93. The minimum atomic E-state index is -3.79. The van der Waals surface area contributed by atoms with E-state index in [1.807, 2.05) is 61.5 Å². The Balaban J connectivity index is 1.39. The van der Waals surface area contributed by atoms with E-state index in [-0.39, 0.29) is 23.0 Å². The van der Waals surface area contributed by atoms with Gasteiger partial charge in [-0.1, -0.05) is 60.7 Å². The molecule has 0 radical (unpaired) electrons. The molecule has 1 heterocycles. The van der Waals surface area contributed by atoms with E-state index in [9.17, 15) is 18.0 Å². The van der Waals surface area contributed by atoms with Gasteiger partial charge in [0.25, 0.3) is 5.91 Å². The Labute approximate surface area is 199 Å². The van der Waals surface area contributed by atoms with Crippen LogP contribution < -0.4 is 5.32 Å². The second kappa shape index (κ2) is 10.2. The first-order valence-electron chi connectivity index (χ1n) is 11.0. The molecule has 0 bridgehead atoms. The van der Waals surface area contributed by atoms with E-state index in [4.69, 9.17) is 4.74 Å². The number of fused-ring (bicyclic) bond motifs is 1. The summed E-state index contributed by atoms with van der Waals surface area (Å²) in [5.74, 6) is -1.20. The van der Waals surface area contributed by atoms with Crippen molar-refractivity contribution in [1.29, 1.82) is 0 Å². The Morgan fingerprint density at radius 1 is 0.971 bits per heavy atom. The lowest BCUT2D eigenvalue weighted by molar-refractivity contribution is -0.124. The number of ether oxygens (including phenoxy) is 1. The summed E-state index contributed by atoms with van der Waals surface area (Å²) in [5.41, 5.74) is 3.12. The van der Waals surface area contributed by atoms with Gasteiger partial charge in [-0.25, -0.2) is 13.2 Å². The van der Waals surface area contributed by atoms with Gasteiger partial charge in [0.15, 0.2) is 6.61 Å². The van der Waals surface area contributed by atoms with E-state index in [0.29, 0.717) is 13.0 Å². The second-order valence-corrected chi connectivity index (χ2v) is 10.1. The number of nitrogens with zero attached hydrogens (tertiary/aromatic N) is 1. The van der Waals surface area contributed by atoms with E-state index >= 15 is 0 Å². The van der Waals surface area contributed by atoms with Crippen molar-refractivity contribution in [2.75, 3.05) is 13.2 Å². The molecule has 0 spiro atoms. The van der Waals surface area contributed by atoms with Crippen LogP contribution in [0.4, 0.5) is 0 Å². The Bertz CT molecular complexity index is 1290. The Kier molecular flexibility index (Phi) is 7.09. The Hall–Kier alpha value is -3.49. The number of hydrogen-bond acceptors (Lipinski definition) is 5. The molecular formula is C26H26N2O5S. The highest BCUT2D eigenvalue weighted by Crippen LogP contribution is 2.25.